The van der Waals surface area contributed by atoms with Crippen LogP contribution in [-0.4, -0.2) is 81.9 Å². The first-order valence-corrected chi connectivity index (χ1v) is 8.89. The molecule has 0 saturated carbocycles. The number of carbonyl (C=O) groups is 6. The molecule has 0 aromatic heterocycles. The summed E-state index contributed by atoms with van der Waals surface area (Å²) in [5.74, 6) is -5.63. The minimum atomic E-state index is -1.51. The molecule has 3 atom stereocenters. The van der Waals surface area contributed by atoms with E-state index >= 15 is 0 Å². The van der Waals surface area contributed by atoms with Crippen LogP contribution in [0.2, 0.25) is 0 Å². The van der Waals surface area contributed by atoms with Gasteiger partial charge in [0.2, 0.25) is 23.6 Å². The number of carbonyl (C=O) groups excluding carboxylic acids is 4. The summed E-state index contributed by atoms with van der Waals surface area (Å²) in [4.78, 5) is 70.7. The first-order chi connectivity index (χ1) is 13.5. The standard InChI is InChI=1S/C16H25N5O8/c17-8(3-4-11(18)22)16(29)21-5-1-2-10(21)15(28)20-9(6-12(23)24)14(27)19-7-13(25)26/h8-10H,1-7,17H2,(H2,18,22)(H,19,27)(H,20,28)(H,23,24)(H,25,26). The Bertz CT molecular complexity index is 682. The molecule has 0 aromatic rings. The average molecular weight is 415 g/mol. The third-order valence-electron chi connectivity index (χ3n) is 4.28. The molecule has 1 saturated heterocycles. The quantitative estimate of drug-likeness (QED) is 0.199. The van der Waals surface area contributed by atoms with Crippen LogP contribution in [0.3, 0.4) is 0 Å². The molecule has 29 heavy (non-hydrogen) atoms. The van der Waals surface area contributed by atoms with E-state index in [1.54, 1.807) is 0 Å². The van der Waals surface area contributed by atoms with E-state index < -0.39 is 66.7 Å². The van der Waals surface area contributed by atoms with Gasteiger partial charge in [0.15, 0.2) is 0 Å². The lowest BCUT2D eigenvalue weighted by Gasteiger charge is -2.28. The third kappa shape index (κ3) is 7.73. The lowest BCUT2D eigenvalue weighted by atomic mass is 10.1. The summed E-state index contributed by atoms with van der Waals surface area (Å²) < 4.78 is 0. The van der Waals surface area contributed by atoms with Gasteiger partial charge in [-0.15, -0.1) is 0 Å². The number of hydrogen-bond donors (Lipinski definition) is 6. The van der Waals surface area contributed by atoms with Gasteiger partial charge in [-0.3, -0.25) is 28.8 Å². The van der Waals surface area contributed by atoms with Crippen molar-refractivity contribution in [3.8, 4) is 0 Å². The fourth-order valence-corrected chi connectivity index (χ4v) is 2.88. The minimum absolute atomic E-state index is 0.0121. The number of likely N-dealkylation sites (tertiary alicyclic amines) is 1. The largest absolute Gasteiger partial charge is 0.481 e. The highest BCUT2D eigenvalue weighted by Gasteiger charge is 2.37. The maximum atomic E-state index is 12.6. The second-order valence-electron chi connectivity index (χ2n) is 6.57. The Balaban J connectivity index is 2.80. The summed E-state index contributed by atoms with van der Waals surface area (Å²) in [7, 11) is 0. The van der Waals surface area contributed by atoms with Crippen molar-refractivity contribution in [2.45, 2.75) is 50.2 Å². The molecule has 0 aromatic carbocycles. The number of rotatable bonds is 11. The molecule has 0 radical (unpaired) electrons. The Morgan fingerprint density at radius 1 is 1.10 bits per heavy atom. The van der Waals surface area contributed by atoms with E-state index in [0.29, 0.717) is 6.42 Å². The van der Waals surface area contributed by atoms with Gasteiger partial charge in [0.05, 0.1) is 12.5 Å². The highest BCUT2D eigenvalue weighted by Crippen LogP contribution is 2.19. The van der Waals surface area contributed by atoms with Crippen LogP contribution in [-0.2, 0) is 28.8 Å². The zero-order valence-corrected chi connectivity index (χ0v) is 15.6. The highest BCUT2D eigenvalue weighted by atomic mass is 16.4. The number of nitrogens with two attached hydrogens (primary N) is 2. The van der Waals surface area contributed by atoms with Crippen molar-refractivity contribution < 1.29 is 39.0 Å². The van der Waals surface area contributed by atoms with Gasteiger partial charge in [-0.2, -0.15) is 0 Å². The van der Waals surface area contributed by atoms with Crippen molar-refractivity contribution in [1.82, 2.24) is 15.5 Å². The number of carboxylic acid groups (broad SMARTS) is 2. The van der Waals surface area contributed by atoms with Gasteiger partial charge in [-0.05, 0) is 19.3 Å². The molecule has 1 rings (SSSR count). The lowest BCUT2D eigenvalue weighted by molar-refractivity contribution is -0.143. The van der Waals surface area contributed by atoms with Gasteiger partial charge in [0.1, 0.15) is 18.6 Å². The predicted molar refractivity (Wildman–Crippen MR) is 96.0 cm³/mol. The Labute approximate surface area is 165 Å². The Kier molecular flexibility index (Phi) is 8.99. The molecule has 4 amide bonds. The number of nitrogens with zero attached hydrogens (tertiary/aromatic N) is 1. The predicted octanol–water partition coefficient (Wildman–Crippen LogP) is -3.27. The van der Waals surface area contributed by atoms with Crippen molar-refractivity contribution in [1.29, 1.82) is 0 Å². The first kappa shape index (κ1) is 23.8. The molecule has 1 aliphatic rings. The van der Waals surface area contributed by atoms with Gasteiger partial charge in [0.25, 0.3) is 0 Å². The molecule has 0 aliphatic carbocycles. The van der Waals surface area contributed by atoms with Crippen LogP contribution in [0.4, 0.5) is 0 Å². The number of aliphatic carboxylic acids is 2. The van der Waals surface area contributed by atoms with E-state index in [9.17, 15) is 28.8 Å². The summed E-state index contributed by atoms with van der Waals surface area (Å²) in [6.07, 6.45) is -0.0892. The maximum Gasteiger partial charge on any atom is 0.322 e. The molecular formula is C16H25N5O8. The summed E-state index contributed by atoms with van der Waals surface area (Å²) in [6, 6.07) is -3.52. The lowest BCUT2D eigenvalue weighted by Crippen LogP contribution is -2.56. The number of carboxylic acids is 2. The molecule has 0 bridgehead atoms. The fourth-order valence-electron chi connectivity index (χ4n) is 2.88. The third-order valence-corrected chi connectivity index (χ3v) is 4.28. The molecule has 8 N–H and O–H groups in total. The second kappa shape index (κ2) is 10.9. The van der Waals surface area contributed by atoms with Crippen LogP contribution in [0.5, 0.6) is 0 Å². The fraction of sp³-hybridized carbons (Fsp3) is 0.625. The first-order valence-electron chi connectivity index (χ1n) is 8.89. The molecule has 1 aliphatic heterocycles. The van der Waals surface area contributed by atoms with E-state index in [4.69, 9.17) is 21.7 Å². The van der Waals surface area contributed by atoms with Gasteiger partial charge in [-0.25, -0.2) is 0 Å². The van der Waals surface area contributed by atoms with Crippen LogP contribution in [0.15, 0.2) is 0 Å². The second-order valence-corrected chi connectivity index (χ2v) is 6.57. The van der Waals surface area contributed by atoms with Crippen LogP contribution >= 0.6 is 0 Å². The molecule has 0 spiro atoms. The van der Waals surface area contributed by atoms with Crippen LogP contribution in [0, 0.1) is 0 Å². The molecule has 3 unspecified atom stereocenters. The average Bonchev–Trinajstić information content (AvgIpc) is 3.12. The Morgan fingerprint density at radius 3 is 2.31 bits per heavy atom. The maximum absolute atomic E-state index is 12.6. The zero-order valence-electron chi connectivity index (χ0n) is 15.6. The SMILES string of the molecule is NC(=O)CCC(N)C(=O)N1CCCC1C(=O)NC(CC(=O)O)C(=O)NCC(=O)O. The highest BCUT2D eigenvalue weighted by molar-refractivity contribution is 5.95. The minimum Gasteiger partial charge on any atom is -0.481 e. The Morgan fingerprint density at radius 2 is 1.76 bits per heavy atom. The van der Waals surface area contributed by atoms with E-state index in [-0.39, 0.29) is 25.8 Å². The van der Waals surface area contributed by atoms with E-state index in [0.717, 1.165) is 0 Å². The number of hydrogen-bond acceptors (Lipinski definition) is 7. The Hall–Kier alpha value is -3.22. The molecule has 13 nitrogen and oxygen atoms in total. The molecule has 1 heterocycles. The van der Waals surface area contributed by atoms with E-state index in [2.05, 4.69) is 5.32 Å². The van der Waals surface area contributed by atoms with Gasteiger partial charge in [0, 0.05) is 13.0 Å². The van der Waals surface area contributed by atoms with Crippen LogP contribution in [0.25, 0.3) is 0 Å². The van der Waals surface area contributed by atoms with E-state index in [1.165, 1.54) is 4.90 Å². The summed E-state index contributed by atoms with van der Waals surface area (Å²) in [5, 5.41) is 21.8. The molecule has 1 fully saturated rings. The monoisotopic (exact) mass is 415 g/mol. The van der Waals surface area contributed by atoms with Crippen LogP contribution in [0.1, 0.15) is 32.1 Å². The van der Waals surface area contributed by atoms with Crippen molar-refractivity contribution in [2.24, 2.45) is 11.5 Å². The van der Waals surface area contributed by atoms with Crippen LogP contribution < -0.4 is 22.1 Å². The van der Waals surface area contributed by atoms with Gasteiger partial charge < -0.3 is 37.2 Å². The van der Waals surface area contributed by atoms with Crippen molar-refractivity contribution in [3.63, 3.8) is 0 Å². The zero-order chi connectivity index (χ0) is 22.1. The van der Waals surface area contributed by atoms with E-state index in [1.807, 2.05) is 5.32 Å². The van der Waals surface area contributed by atoms with Crippen molar-refractivity contribution >= 4 is 35.6 Å². The molecular weight excluding hydrogens is 390 g/mol. The van der Waals surface area contributed by atoms with Gasteiger partial charge in [-0.1, -0.05) is 0 Å². The molecule has 13 heteroatoms. The normalized spacial score (nSPS) is 17.8. The number of nitrogens with one attached hydrogen (secondary N) is 2. The molecule has 162 valence electrons. The summed E-state index contributed by atoms with van der Waals surface area (Å²) in [5.41, 5.74) is 10.8. The van der Waals surface area contributed by atoms with Crippen molar-refractivity contribution in [3.05, 3.63) is 0 Å². The smallest absolute Gasteiger partial charge is 0.322 e. The topological polar surface area (TPSA) is 222 Å². The van der Waals surface area contributed by atoms with Crippen molar-refractivity contribution in [2.75, 3.05) is 13.1 Å². The number of primary amides is 1. The van der Waals surface area contributed by atoms with Gasteiger partial charge >= 0.3 is 11.9 Å². The summed E-state index contributed by atoms with van der Waals surface area (Å²) >= 11 is 0. The number of amides is 4. The summed E-state index contributed by atoms with van der Waals surface area (Å²) in [6.45, 7) is -0.510.